The highest BCUT2D eigenvalue weighted by Crippen LogP contribution is 2.41. The SMILES string of the molecule is CC(C)N(C)C(=O)c1nc(-c2ccccc2F)c(Cl)c2c1CN1CCNC[C@@H]1CO2. The monoisotopic (exact) mass is 432 g/mol. The van der Waals surface area contributed by atoms with Gasteiger partial charge in [0, 0.05) is 50.4 Å². The van der Waals surface area contributed by atoms with Gasteiger partial charge < -0.3 is 15.0 Å². The summed E-state index contributed by atoms with van der Waals surface area (Å²) in [5.74, 6) is -0.245. The van der Waals surface area contributed by atoms with Crippen LogP contribution in [0, 0.1) is 5.82 Å². The molecule has 6 nitrogen and oxygen atoms in total. The topological polar surface area (TPSA) is 57.7 Å². The summed E-state index contributed by atoms with van der Waals surface area (Å²) in [6.07, 6.45) is 0. The van der Waals surface area contributed by atoms with Crippen LogP contribution in [-0.2, 0) is 6.54 Å². The Morgan fingerprint density at radius 1 is 1.40 bits per heavy atom. The number of carbonyl (C=O) groups excluding carboxylic acids is 1. The third-order valence-corrected chi connectivity index (χ3v) is 6.22. The summed E-state index contributed by atoms with van der Waals surface area (Å²) < 4.78 is 20.7. The van der Waals surface area contributed by atoms with Crippen molar-refractivity contribution in [1.29, 1.82) is 0 Å². The maximum absolute atomic E-state index is 14.6. The van der Waals surface area contributed by atoms with Crippen molar-refractivity contribution in [3.05, 3.63) is 46.4 Å². The molecule has 3 heterocycles. The molecule has 0 spiro atoms. The number of pyridine rings is 1. The van der Waals surface area contributed by atoms with Crippen molar-refractivity contribution >= 4 is 17.5 Å². The highest BCUT2D eigenvalue weighted by atomic mass is 35.5. The first-order chi connectivity index (χ1) is 14.4. The lowest BCUT2D eigenvalue weighted by atomic mass is 10.0. The molecule has 160 valence electrons. The molecule has 0 radical (unpaired) electrons. The Morgan fingerprint density at radius 2 is 2.17 bits per heavy atom. The third-order valence-electron chi connectivity index (χ3n) is 5.87. The summed E-state index contributed by atoms with van der Waals surface area (Å²) in [6, 6.07) is 6.45. The average Bonchev–Trinajstić information content (AvgIpc) is 2.94. The Kier molecular flexibility index (Phi) is 5.95. The van der Waals surface area contributed by atoms with Gasteiger partial charge in [-0.3, -0.25) is 9.69 Å². The number of piperazine rings is 1. The standard InChI is InChI=1S/C22H26ClFN4O2/c1-13(2)27(3)22(29)20-16-11-28-9-8-25-10-14(28)12-30-21(16)18(23)19(26-20)15-6-4-5-7-17(15)24/h4-7,13-14,25H,8-12H2,1-3H3/t14-/m1/s1. The highest BCUT2D eigenvalue weighted by Gasteiger charge is 2.34. The van der Waals surface area contributed by atoms with E-state index in [-0.39, 0.29) is 40.0 Å². The third kappa shape index (κ3) is 3.77. The van der Waals surface area contributed by atoms with Gasteiger partial charge in [0.15, 0.2) is 0 Å². The summed E-state index contributed by atoms with van der Waals surface area (Å²) in [7, 11) is 1.74. The Morgan fingerprint density at radius 3 is 2.90 bits per heavy atom. The first kappa shape index (κ1) is 21.0. The number of fused-ring (bicyclic) bond motifs is 2. The summed E-state index contributed by atoms with van der Waals surface area (Å²) in [6.45, 7) is 7.34. The lowest BCUT2D eigenvalue weighted by Gasteiger charge is -2.33. The average molecular weight is 433 g/mol. The first-order valence-corrected chi connectivity index (χ1v) is 10.6. The summed E-state index contributed by atoms with van der Waals surface area (Å²) >= 11 is 6.71. The van der Waals surface area contributed by atoms with E-state index in [0.29, 0.717) is 24.5 Å². The highest BCUT2D eigenvalue weighted by molar-refractivity contribution is 6.34. The fraction of sp³-hybridized carbons (Fsp3) is 0.455. The molecule has 0 aliphatic carbocycles. The molecule has 8 heteroatoms. The van der Waals surface area contributed by atoms with E-state index in [2.05, 4.69) is 15.2 Å². The summed E-state index contributed by atoms with van der Waals surface area (Å²) in [5, 5.41) is 3.62. The van der Waals surface area contributed by atoms with Gasteiger partial charge in [0.1, 0.15) is 28.9 Å². The quantitative estimate of drug-likeness (QED) is 0.807. The number of hydrogen-bond acceptors (Lipinski definition) is 5. The van der Waals surface area contributed by atoms with Crippen molar-refractivity contribution in [2.24, 2.45) is 0 Å². The Bertz CT molecular complexity index is 968. The minimum atomic E-state index is -0.447. The van der Waals surface area contributed by atoms with Gasteiger partial charge in [0.25, 0.3) is 5.91 Å². The molecule has 0 bridgehead atoms. The molecule has 1 aromatic heterocycles. The summed E-state index contributed by atoms with van der Waals surface area (Å²) in [4.78, 5) is 21.9. The number of benzene rings is 1. The maximum atomic E-state index is 14.6. The molecule has 1 fully saturated rings. The van der Waals surface area contributed by atoms with Crippen molar-refractivity contribution in [3.63, 3.8) is 0 Å². The van der Waals surface area contributed by atoms with E-state index in [1.54, 1.807) is 30.1 Å². The van der Waals surface area contributed by atoms with Gasteiger partial charge in [-0.2, -0.15) is 0 Å². The maximum Gasteiger partial charge on any atom is 0.272 e. The van der Waals surface area contributed by atoms with E-state index < -0.39 is 5.82 Å². The van der Waals surface area contributed by atoms with Crippen LogP contribution >= 0.6 is 11.6 Å². The molecular formula is C22H26ClFN4O2. The van der Waals surface area contributed by atoms with Crippen LogP contribution in [0.1, 0.15) is 29.9 Å². The minimum absolute atomic E-state index is 0.0128. The lowest BCUT2D eigenvalue weighted by molar-refractivity contribution is 0.0745. The number of halogens is 2. The molecule has 2 aliphatic heterocycles. The molecule has 2 aromatic rings. The van der Waals surface area contributed by atoms with E-state index in [0.717, 1.165) is 19.6 Å². The van der Waals surface area contributed by atoms with Gasteiger partial charge in [-0.25, -0.2) is 9.37 Å². The van der Waals surface area contributed by atoms with E-state index in [4.69, 9.17) is 16.3 Å². The molecule has 0 unspecified atom stereocenters. The Balaban J connectivity index is 1.90. The fourth-order valence-electron chi connectivity index (χ4n) is 3.84. The van der Waals surface area contributed by atoms with E-state index in [1.165, 1.54) is 6.07 Å². The van der Waals surface area contributed by atoms with Crippen molar-refractivity contribution in [1.82, 2.24) is 20.1 Å². The van der Waals surface area contributed by atoms with E-state index in [1.807, 2.05) is 13.8 Å². The lowest BCUT2D eigenvalue weighted by Crippen LogP contribution is -2.52. The molecule has 1 aromatic carbocycles. The first-order valence-electron chi connectivity index (χ1n) is 10.2. The zero-order valence-electron chi connectivity index (χ0n) is 17.4. The van der Waals surface area contributed by atoms with Crippen LogP contribution < -0.4 is 10.1 Å². The minimum Gasteiger partial charge on any atom is -0.490 e. The normalized spacial score (nSPS) is 18.9. The largest absolute Gasteiger partial charge is 0.490 e. The van der Waals surface area contributed by atoms with Gasteiger partial charge in [0.2, 0.25) is 0 Å². The van der Waals surface area contributed by atoms with Gasteiger partial charge >= 0.3 is 0 Å². The van der Waals surface area contributed by atoms with Crippen LogP contribution in [0.3, 0.4) is 0 Å². The second-order valence-electron chi connectivity index (χ2n) is 8.06. The number of amides is 1. The number of nitrogens with one attached hydrogen (secondary N) is 1. The molecule has 1 atom stereocenters. The van der Waals surface area contributed by atoms with E-state index >= 15 is 0 Å². The number of nitrogens with zero attached hydrogens (tertiary/aromatic N) is 3. The molecule has 30 heavy (non-hydrogen) atoms. The zero-order chi connectivity index (χ0) is 21.4. The van der Waals surface area contributed by atoms with Crippen molar-refractivity contribution in [3.8, 4) is 17.0 Å². The second kappa shape index (κ2) is 8.49. The number of aromatic nitrogens is 1. The van der Waals surface area contributed by atoms with Crippen molar-refractivity contribution < 1.29 is 13.9 Å². The van der Waals surface area contributed by atoms with Crippen LogP contribution in [0.25, 0.3) is 11.3 Å². The Labute approximate surface area is 181 Å². The molecule has 1 N–H and O–H groups in total. The molecule has 1 amide bonds. The van der Waals surface area contributed by atoms with Crippen molar-refractivity contribution in [2.75, 3.05) is 33.3 Å². The van der Waals surface area contributed by atoms with Crippen LogP contribution in [0.2, 0.25) is 5.02 Å². The number of ether oxygens (including phenoxy) is 1. The van der Waals surface area contributed by atoms with Crippen LogP contribution in [0.4, 0.5) is 4.39 Å². The molecule has 0 saturated carbocycles. The van der Waals surface area contributed by atoms with Crippen LogP contribution in [0.5, 0.6) is 5.75 Å². The number of rotatable bonds is 3. The number of carbonyl (C=O) groups is 1. The summed E-state index contributed by atoms with van der Waals surface area (Å²) in [5.41, 5.74) is 1.41. The van der Waals surface area contributed by atoms with Crippen molar-refractivity contribution in [2.45, 2.75) is 32.5 Å². The zero-order valence-corrected chi connectivity index (χ0v) is 18.2. The smallest absolute Gasteiger partial charge is 0.272 e. The predicted molar refractivity (Wildman–Crippen MR) is 114 cm³/mol. The van der Waals surface area contributed by atoms with Gasteiger partial charge in [0.05, 0.1) is 11.7 Å². The molecule has 4 rings (SSSR count). The van der Waals surface area contributed by atoms with Crippen LogP contribution in [-0.4, -0.2) is 66.1 Å². The Hall–Kier alpha value is -2.22. The van der Waals surface area contributed by atoms with E-state index in [9.17, 15) is 9.18 Å². The second-order valence-corrected chi connectivity index (χ2v) is 8.44. The van der Waals surface area contributed by atoms with Gasteiger partial charge in [-0.05, 0) is 26.0 Å². The predicted octanol–water partition coefficient (Wildman–Crippen LogP) is 3.19. The van der Waals surface area contributed by atoms with Gasteiger partial charge in [-0.1, -0.05) is 23.7 Å². The van der Waals surface area contributed by atoms with Crippen LogP contribution in [0.15, 0.2) is 24.3 Å². The number of hydrogen-bond donors (Lipinski definition) is 1. The molecular weight excluding hydrogens is 407 g/mol. The molecule has 1 saturated heterocycles. The molecule has 2 aliphatic rings. The fourth-order valence-corrected chi connectivity index (χ4v) is 4.15. The van der Waals surface area contributed by atoms with Gasteiger partial charge in [-0.15, -0.1) is 0 Å².